The highest BCUT2D eigenvalue weighted by atomic mass is 19.1. The fourth-order valence-corrected chi connectivity index (χ4v) is 3.56. The van der Waals surface area contributed by atoms with Crippen LogP contribution in [-0.4, -0.2) is 28.7 Å². The normalized spacial score (nSPS) is 31.4. The summed E-state index contributed by atoms with van der Waals surface area (Å²) in [6.45, 7) is 1.18. The number of fused-ring (bicyclic) bond motifs is 1. The van der Waals surface area contributed by atoms with E-state index in [4.69, 9.17) is 5.73 Å². The van der Waals surface area contributed by atoms with Crippen LogP contribution >= 0.6 is 0 Å². The van der Waals surface area contributed by atoms with Gasteiger partial charge in [-0.25, -0.2) is 4.39 Å². The van der Waals surface area contributed by atoms with Gasteiger partial charge in [0.25, 0.3) is 0 Å². The number of rotatable bonds is 2. The minimum Gasteiger partial charge on any atom is -0.393 e. The van der Waals surface area contributed by atoms with E-state index in [1.807, 2.05) is 6.07 Å². The third-order valence-electron chi connectivity index (χ3n) is 4.61. The number of aliphatic hydroxyl groups is 1. The van der Waals surface area contributed by atoms with Gasteiger partial charge in [-0.2, -0.15) is 0 Å². The third-order valence-corrected chi connectivity index (χ3v) is 4.61. The Morgan fingerprint density at radius 1 is 1.26 bits per heavy atom. The van der Waals surface area contributed by atoms with Crippen molar-refractivity contribution in [2.45, 2.75) is 50.4 Å². The summed E-state index contributed by atoms with van der Waals surface area (Å²) < 4.78 is 13.9. The minimum atomic E-state index is -0.158. The monoisotopic (exact) mass is 264 g/mol. The van der Waals surface area contributed by atoms with Crippen LogP contribution in [0.2, 0.25) is 0 Å². The Morgan fingerprint density at radius 3 is 2.68 bits per heavy atom. The molecule has 0 aromatic heterocycles. The van der Waals surface area contributed by atoms with E-state index in [2.05, 4.69) is 4.90 Å². The summed E-state index contributed by atoms with van der Waals surface area (Å²) in [6, 6.07) is 5.84. The molecule has 0 saturated heterocycles. The first-order valence-corrected chi connectivity index (χ1v) is 7.12. The molecule has 0 amide bonds. The van der Waals surface area contributed by atoms with Gasteiger partial charge >= 0.3 is 0 Å². The molecule has 1 fully saturated rings. The van der Waals surface area contributed by atoms with Gasteiger partial charge in [-0.05, 0) is 37.3 Å². The number of nitrogens with zero attached hydrogens (tertiary/aromatic N) is 1. The Bertz CT molecular complexity index is 457. The molecule has 1 unspecified atom stereocenters. The largest absolute Gasteiger partial charge is 0.393 e. The summed E-state index contributed by atoms with van der Waals surface area (Å²) in [7, 11) is 0. The number of hydrogen-bond acceptors (Lipinski definition) is 3. The van der Waals surface area contributed by atoms with Crippen LogP contribution in [0, 0.1) is 5.82 Å². The highest BCUT2D eigenvalue weighted by Gasteiger charge is 2.36. The molecule has 3 rings (SSSR count). The van der Waals surface area contributed by atoms with E-state index >= 15 is 0 Å². The van der Waals surface area contributed by atoms with Crippen molar-refractivity contribution in [3.05, 3.63) is 35.1 Å². The van der Waals surface area contributed by atoms with Crippen LogP contribution in [0.25, 0.3) is 0 Å². The summed E-state index contributed by atoms with van der Waals surface area (Å²) in [4.78, 5) is 2.33. The van der Waals surface area contributed by atoms with Gasteiger partial charge in [0.2, 0.25) is 0 Å². The van der Waals surface area contributed by atoms with Gasteiger partial charge in [0.1, 0.15) is 5.82 Å². The second-order valence-corrected chi connectivity index (χ2v) is 5.69. The van der Waals surface area contributed by atoms with Gasteiger partial charge < -0.3 is 10.8 Å². The lowest BCUT2D eigenvalue weighted by molar-refractivity contribution is 0.0569. The molecular weight excluding hydrogens is 243 g/mol. The van der Waals surface area contributed by atoms with E-state index in [0.29, 0.717) is 19.1 Å². The molecule has 1 aliphatic carbocycles. The molecule has 4 heteroatoms. The van der Waals surface area contributed by atoms with E-state index in [9.17, 15) is 9.50 Å². The molecule has 1 atom stereocenters. The molecule has 3 N–H and O–H groups in total. The Hall–Kier alpha value is -0.970. The zero-order valence-electron chi connectivity index (χ0n) is 11.1. The number of halogens is 1. The lowest BCUT2D eigenvalue weighted by atomic mass is 9.91. The van der Waals surface area contributed by atoms with Gasteiger partial charge in [0, 0.05) is 30.7 Å². The van der Waals surface area contributed by atoms with Crippen molar-refractivity contribution in [2.75, 3.05) is 6.54 Å². The van der Waals surface area contributed by atoms with Crippen LogP contribution in [0.15, 0.2) is 18.2 Å². The Labute approximate surface area is 113 Å². The number of nitrogens with two attached hydrogens (primary N) is 1. The van der Waals surface area contributed by atoms with Crippen molar-refractivity contribution < 1.29 is 9.50 Å². The summed E-state index contributed by atoms with van der Waals surface area (Å²) in [5, 5.41) is 9.61. The van der Waals surface area contributed by atoms with Crippen molar-refractivity contribution in [1.82, 2.24) is 4.90 Å². The van der Waals surface area contributed by atoms with E-state index in [1.165, 1.54) is 6.07 Å². The molecule has 19 heavy (non-hydrogen) atoms. The first kappa shape index (κ1) is 13.0. The highest BCUT2D eigenvalue weighted by Crippen LogP contribution is 2.39. The lowest BCUT2D eigenvalue weighted by Crippen LogP contribution is -2.40. The van der Waals surface area contributed by atoms with Crippen molar-refractivity contribution in [3.8, 4) is 0 Å². The van der Waals surface area contributed by atoms with Gasteiger partial charge in [-0.3, -0.25) is 4.90 Å². The van der Waals surface area contributed by atoms with Gasteiger partial charge in [-0.15, -0.1) is 0 Å². The van der Waals surface area contributed by atoms with Crippen molar-refractivity contribution in [1.29, 1.82) is 0 Å². The maximum atomic E-state index is 13.9. The predicted molar refractivity (Wildman–Crippen MR) is 72.0 cm³/mol. The van der Waals surface area contributed by atoms with Gasteiger partial charge in [-0.1, -0.05) is 12.1 Å². The lowest BCUT2D eigenvalue weighted by Gasteiger charge is -2.36. The minimum absolute atomic E-state index is 0.116. The van der Waals surface area contributed by atoms with Crippen LogP contribution in [0.5, 0.6) is 0 Å². The first-order chi connectivity index (χ1) is 9.20. The second-order valence-electron chi connectivity index (χ2n) is 5.69. The quantitative estimate of drug-likeness (QED) is 0.858. The predicted octanol–water partition coefficient (Wildman–Crippen LogP) is 1.94. The zero-order chi connectivity index (χ0) is 13.4. The zero-order valence-corrected chi connectivity index (χ0v) is 11.1. The average Bonchev–Trinajstić information content (AvgIpc) is 2.79. The Kier molecular flexibility index (Phi) is 3.56. The summed E-state index contributed by atoms with van der Waals surface area (Å²) in [5.74, 6) is -0.116. The molecular formula is C15H21FN2O. The fraction of sp³-hybridized carbons (Fsp3) is 0.600. The van der Waals surface area contributed by atoms with Crippen molar-refractivity contribution >= 4 is 0 Å². The fourth-order valence-electron chi connectivity index (χ4n) is 3.56. The number of benzene rings is 1. The Morgan fingerprint density at radius 2 is 2.00 bits per heavy atom. The maximum Gasteiger partial charge on any atom is 0.128 e. The second kappa shape index (κ2) is 5.19. The molecule has 2 aliphatic rings. The maximum absolute atomic E-state index is 13.9. The number of hydrogen-bond donors (Lipinski definition) is 2. The molecule has 1 aromatic rings. The third kappa shape index (κ3) is 2.29. The van der Waals surface area contributed by atoms with Crippen LogP contribution in [-0.2, 0) is 6.54 Å². The van der Waals surface area contributed by atoms with Crippen molar-refractivity contribution in [2.24, 2.45) is 5.73 Å². The van der Waals surface area contributed by atoms with E-state index in [0.717, 1.165) is 36.8 Å². The van der Waals surface area contributed by atoms with E-state index < -0.39 is 0 Å². The SMILES string of the molecule is NCC1c2cccc(F)c2CN1C1CCC(O)CC1. The molecule has 0 radical (unpaired) electrons. The first-order valence-electron chi connectivity index (χ1n) is 7.12. The van der Waals surface area contributed by atoms with Crippen molar-refractivity contribution in [3.63, 3.8) is 0 Å². The van der Waals surface area contributed by atoms with Gasteiger partial charge in [0.15, 0.2) is 0 Å². The average molecular weight is 264 g/mol. The topological polar surface area (TPSA) is 49.5 Å². The van der Waals surface area contributed by atoms with Crippen LogP contribution in [0.1, 0.15) is 42.9 Å². The molecule has 1 aromatic carbocycles. The standard InChI is InChI=1S/C15H21FN2O/c16-14-3-1-2-12-13(14)9-18(15(12)8-17)10-4-6-11(19)7-5-10/h1-3,10-11,15,19H,4-9,17H2. The molecule has 1 aliphatic heterocycles. The summed E-state index contributed by atoms with van der Waals surface area (Å²) >= 11 is 0. The molecule has 1 heterocycles. The van der Waals surface area contributed by atoms with E-state index in [1.54, 1.807) is 6.07 Å². The molecule has 0 spiro atoms. The summed E-state index contributed by atoms with van der Waals surface area (Å²) in [5.41, 5.74) is 7.77. The molecule has 1 saturated carbocycles. The van der Waals surface area contributed by atoms with E-state index in [-0.39, 0.29) is 18.0 Å². The van der Waals surface area contributed by atoms with Crippen LogP contribution < -0.4 is 5.73 Å². The highest BCUT2D eigenvalue weighted by molar-refractivity contribution is 5.35. The Balaban J connectivity index is 1.83. The van der Waals surface area contributed by atoms with Gasteiger partial charge in [0.05, 0.1) is 6.10 Å². The summed E-state index contributed by atoms with van der Waals surface area (Å²) in [6.07, 6.45) is 3.49. The number of aliphatic hydroxyl groups excluding tert-OH is 1. The molecule has 3 nitrogen and oxygen atoms in total. The van der Waals surface area contributed by atoms with Crippen LogP contribution in [0.3, 0.4) is 0 Å². The smallest absolute Gasteiger partial charge is 0.128 e. The van der Waals surface area contributed by atoms with Crippen LogP contribution in [0.4, 0.5) is 4.39 Å². The molecule has 104 valence electrons. The molecule has 0 bridgehead atoms.